The van der Waals surface area contributed by atoms with E-state index in [9.17, 15) is 4.79 Å². The Bertz CT molecular complexity index is 817. The molecule has 0 saturated heterocycles. The quantitative estimate of drug-likeness (QED) is 0.794. The van der Waals surface area contributed by atoms with Gasteiger partial charge in [0.15, 0.2) is 10.6 Å². The molecule has 118 valence electrons. The van der Waals surface area contributed by atoms with Crippen LogP contribution in [-0.2, 0) is 0 Å². The topological polar surface area (TPSA) is 71.1 Å². The number of hydrogen-bond donors (Lipinski definition) is 1. The summed E-state index contributed by atoms with van der Waals surface area (Å²) < 4.78 is 1.90. The van der Waals surface area contributed by atoms with Crippen LogP contribution in [0, 0.1) is 12.3 Å². The van der Waals surface area contributed by atoms with Crippen LogP contribution in [0.15, 0.2) is 21.8 Å². The van der Waals surface area contributed by atoms with Crippen LogP contribution in [0.5, 0.6) is 0 Å². The lowest BCUT2D eigenvalue weighted by molar-refractivity contribution is 0.0945. The molecule has 4 rings (SSSR count). The zero-order chi connectivity index (χ0) is 15.9. The monoisotopic (exact) mass is 327 g/mol. The maximum absolute atomic E-state index is 12.6. The maximum Gasteiger partial charge on any atom is 0.270 e. The van der Waals surface area contributed by atoms with Crippen molar-refractivity contribution in [1.29, 1.82) is 0 Å². The molecule has 2 aromatic heterocycles. The van der Waals surface area contributed by atoms with Crippen molar-refractivity contribution in [3.05, 3.63) is 23.0 Å². The fourth-order valence-electron chi connectivity index (χ4n) is 2.80. The number of fused-ring (bicyclic) bond motifs is 1. The average molecular weight is 327 g/mol. The molecule has 0 aromatic carbocycles. The maximum atomic E-state index is 12.6. The summed E-state index contributed by atoms with van der Waals surface area (Å²) in [6, 6.07) is 0. The number of terminal acetylenes is 1. The Labute approximate surface area is 138 Å². The van der Waals surface area contributed by atoms with Gasteiger partial charge in [-0.3, -0.25) is 9.20 Å². The molecular weight excluding hydrogens is 310 g/mol. The number of carbonyl (C=O) groups is 1. The zero-order valence-electron chi connectivity index (χ0n) is 12.7. The Hall–Kier alpha value is -2.20. The highest BCUT2D eigenvalue weighted by Crippen LogP contribution is 2.42. The van der Waals surface area contributed by atoms with E-state index in [1.807, 2.05) is 16.0 Å². The summed E-state index contributed by atoms with van der Waals surface area (Å²) in [5, 5.41) is 13.1. The van der Waals surface area contributed by atoms with E-state index in [-0.39, 0.29) is 11.6 Å². The molecule has 1 aliphatic heterocycles. The van der Waals surface area contributed by atoms with Crippen molar-refractivity contribution in [1.82, 2.24) is 14.7 Å². The van der Waals surface area contributed by atoms with Crippen LogP contribution in [-0.4, -0.2) is 27.5 Å². The number of carbonyl (C=O) groups excluding carboxylic acids is 1. The van der Waals surface area contributed by atoms with Crippen LogP contribution in [0.4, 0.5) is 0 Å². The number of imidazole rings is 1. The minimum atomic E-state index is -0.353. The van der Waals surface area contributed by atoms with Gasteiger partial charge in [0.25, 0.3) is 5.91 Å². The third-order valence-corrected chi connectivity index (χ3v) is 5.09. The SMILES string of the molecule is C#CCCC1(CCNC(=O)c2c(C3CC3)nc3sccn23)N=N1. The predicted octanol–water partition coefficient (Wildman–Crippen LogP) is 2.97. The molecule has 0 spiro atoms. The van der Waals surface area contributed by atoms with E-state index in [2.05, 4.69) is 26.4 Å². The van der Waals surface area contributed by atoms with Crippen molar-refractivity contribution in [2.24, 2.45) is 10.2 Å². The number of rotatable bonds is 7. The predicted molar refractivity (Wildman–Crippen MR) is 87.6 cm³/mol. The summed E-state index contributed by atoms with van der Waals surface area (Å²) in [6.45, 7) is 0.540. The summed E-state index contributed by atoms with van der Waals surface area (Å²) in [7, 11) is 0. The van der Waals surface area contributed by atoms with Gasteiger partial charge in [0, 0.05) is 43.3 Å². The van der Waals surface area contributed by atoms with Crippen LogP contribution < -0.4 is 5.32 Å². The largest absolute Gasteiger partial charge is 0.351 e. The summed E-state index contributed by atoms with van der Waals surface area (Å²) in [5.74, 6) is 2.99. The Kier molecular flexibility index (Phi) is 3.42. The van der Waals surface area contributed by atoms with Gasteiger partial charge in [-0.25, -0.2) is 4.98 Å². The molecular formula is C16H17N5OS. The molecule has 3 heterocycles. The molecule has 1 amide bonds. The zero-order valence-corrected chi connectivity index (χ0v) is 13.5. The molecule has 7 heteroatoms. The first-order chi connectivity index (χ1) is 11.2. The third kappa shape index (κ3) is 2.75. The van der Waals surface area contributed by atoms with Gasteiger partial charge in [0.2, 0.25) is 0 Å². The van der Waals surface area contributed by atoms with Crippen molar-refractivity contribution in [2.45, 2.75) is 43.7 Å². The Morgan fingerprint density at radius 3 is 3.00 bits per heavy atom. The molecule has 1 saturated carbocycles. The number of nitrogens with one attached hydrogen (secondary N) is 1. The molecule has 0 atom stereocenters. The lowest BCUT2D eigenvalue weighted by Crippen LogP contribution is -2.29. The van der Waals surface area contributed by atoms with Gasteiger partial charge in [0.1, 0.15) is 5.69 Å². The van der Waals surface area contributed by atoms with Crippen molar-refractivity contribution in [2.75, 3.05) is 6.54 Å². The smallest absolute Gasteiger partial charge is 0.270 e. The van der Waals surface area contributed by atoms with E-state index in [4.69, 9.17) is 6.42 Å². The summed E-state index contributed by atoms with van der Waals surface area (Å²) in [4.78, 5) is 18.1. The van der Waals surface area contributed by atoms with Crippen molar-refractivity contribution >= 4 is 22.2 Å². The molecule has 23 heavy (non-hydrogen) atoms. The second-order valence-electron chi connectivity index (χ2n) is 6.07. The number of nitrogens with zero attached hydrogens (tertiary/aromatic N) is 4. The normalized spacial score (nSPS) is 18.0. The number of thiazole rings is 1. The molecule has 0 bridgehead atoms. The van der Waals surface area contributed by atoms with Gasteiger partial charge >= 0.3 is 0 Å². The first kappa shape index (κ1) is 14.4. The first-order valence-electron chi connectivity index (χ1n) is 7.84. The number of aromatic nitrogens is 2. The summed E-state index contributed by atoms with van der Waals surface area (Å²) >= 11 is 1.56. The van der Waals surface area contributed by atoms with E-state index in [1.165, 1.54) is 0 Å². The minimum Gasteiger partial charge on any atom is -0.351 e. The molecule has 1 aliphatic carbocycles. The standard InChI is InChI=1S/C16H17N5OS/c1-2-3-6-16(19-20-16)7-8-17-14(22)13-12(11-4-5-11)18-15-21(13)9-10-23-15/h1,9-11H,3-8H2,(H,17,22). The van der Waals surface area contributed by atoms with Crippen molar-refractivity contribution < 1.29 is 4.79 Å². The van der Waals surface area contributed by atoms with Crippen LogP contribution in [0.3, 0.4) is 0 Å². The van der Waals surface area contributed by atoms with Gasteiger partial charge in [-0.1, -0.05) is 0 Å². The van der Waals surface area contributed by atoms with Gasteiger partial charge in [0.05, 0.1) is 5.69 Å². The van der Waals surface area contributed by atoms with E-state index in [0.29, 0.717) is 31.0 Å². The van der Waals surface area contributed by atoms with Gasteiger partial charge in [-0.2, -0.15) is 10.2 Å². The van der Waals surface area contributed by atoms with Gasteiger partial charge < -0.3 is 5.32 Å². The lowest BCUT2D eigenvalue weighted by atomic mass is 10.0. The molecule has 2 aliphatic rings. The van der Waals surface area contributed by atoms with Crippen LogP contribution >= 0.6 is 11.3 Å². The van der Waals surface area contributed by atoms with Crippen molar-refractivity contribution in [3.63, 3.8) is 0 Å². The Balaban J connectivity index is 1.42. The molecule has 0 unspecified atom stereocenters. The molecule has 2 aromatic rings. The summed E-state index contributed by atoms with van der Waals surface area (Å²) in [5.41, 5.74) is 1.27. The molecule has 1 fully saturated rings. The Morgan fingerprint density at radius 2 is 2.30 bits per heavy atom. The number of amides is 1. The highest BCUT2D eigenvalue weighted by atomic mass is 32.1. The second kappa shape index (κ2) is 5.46. The van der Waals surface area contributed by atoms with E-state index in [0.717, 1.165) is 29.9 Å². The van der Waals surface area contributed by atoms with Gasteiger partial charge in [-0.05, 0) is 12.8 Å². The van der Waals surface area contributed by atoms with Gasteiger partial charge in [-0.15, -0.1) is 23.7 Å². The average Bonchev–Trinajstić information content (AvgIpc) is 3.44. The molecule has 6 nitrogen and oxygen atoms in total. The molecule has 0 radical (unpaired) electrons. The highest BCUT2D eigenvalue weighted by Gasteiger charge is 2.39. The second-order valence-corrected chi connectivity index (χ2v) is 6.94. The van der Waals surface area contributed by atoms with Crippen LogP contribution in [0.25, 0.3) is 4.96 Å². The fourth-order valence-corrected chi connectivity index (χ4v) is 3.52. The first-order valence-corrected chi connectivity index (χ1v) is 8.71. The van der Waals surface area contributed by atoms with E-state index < -0.39 is 0 Å². The number of hydrogen-bond acceptors (Lipinski definition) is 5. The van der Waals surface area contributed by atoms with E-state index >= 15 is 0 Å². The summed E-state index contributed by atoms with van der Waals surface area (Å²) in [6.07, 6.45) is 11.6. The molecule has 1 N–H and O–H groups in total. The Morgan fingerprint density at radius 1 is 1.48 bits per heavy atom. The fraction of sp³-hybridized carbons (Fsp3) is 0.500. The van der Waals surface area contributed by atoms with Crippen LogP contribution in [0.1, 0.15) is 54.2 Å². The van der Waals surface area contributed by atoms with Crippen LogP contribution in [0.2, 0.25) is 0 Å². The van der Waals surface area contributed by atoms with E-state index in [1.54, 1.807) is 11.3 Å². The highest BCUT2D eigenvalue weighted by molar-refractivity contribution is 7.15. The van der Waals surface area contributed by atoms with Crippen molar-refractivity contribution in [3.8, 4) is 12.3 Å². The lowest BCUT2D eigenvalue weighted by Gasteiger charge is -2.10. The minimum absolute atomic E-state index is 0.0643. The third-order valence-electron chi connectivity index (χ3n) is 4.33.